The number of nitrogens with zero attached hydrogens (tertiary/aromatic N) is 2. The molecular formula is C24H27ClFN3O2S. The molecule has 0 bridgehead atoms. The Morgan fingerprint density at radius 2 is 1.97 bits per heavy atom. The molecule has 3 aromatic rings. The summed E-state index contributed by atoms with van der Waals surface area (Å²) >= 11 is 6.07. The van der Waals surface area contributed by atoms with Crippen LogP contribution in [0.3, 0.4) is 0 Å². The van der Waals surface area contributed by atoms with Crippen molar-refractivity contribution in [3.8, 4) is 0 Å². The van der Waals surface area contributed by atoms with E-state index in [1.807, 2.05) is 30.3 Å². The van der Waals surface area contributed by atoms with E-state index in [0.29, 0.717) is 17.3 Å². The zero-order valence-electron chi connectivity index (χ0n) is 17.5. The highest BCUT2D eigenvalue weighted by molar-refractivity contribution is 7.59. The average Bonchev–Trinajstić information content (AvgIpc) is 3.23. The molecule has 0 aliphatic carbocycles. The number of hydrogen-bond acceptors (Lipinski definition) is 5. The molecule has 0 amide bonds. The summed E-state index contributed by atoms with van der Waals surface area (Å²) in [7, 11) is 0. The van der Waals surface area contributed by atoms with E-state index in [4.69, 9.17) is 11.6 Å². The first-order valence-electron chi connectivity index (χ1n) is 10.3. The van der Waals surface area contributed by atoms with Crippen molar-refractivity contribution in [3.05, 3.63) is 88.3 Å². The van der Waals surface area contributed by atoms with Crippen LogP contribution in [0.1, 0.15) is 29.2 Å². The van der Waals surface area contributed by atoms with Gasteiger partial charge in [-0.2, -0.15) is 13.5 Å². The van der Waals surface area contributed by atoms with Crippen LogP contribution in [0.15, 0.2) is 60.8 Å². The number of rotatable bonds is 7. The Hall–Kier alpha value is -2.32. The van der Waals surface area contributed by atoms with Gasteiger partial charge in [-0.1, -0.05) is 35.9 Å². The molecule has 1 saturated heterocycles. The van der Waals surface area contributed by atoms with Crippen molar-refractivity contribution >= 4 is 36.6 Å². The Balaban J connectivity index is 0.00000289. The van der Waals surface area contributed by atoms with Crippen LogP contribution in [0.4, 0.5) is 15.9 Å². The lowest BCUT2D eigenvalue weighted by Gasteiger charge is -2.24. The molecule has 1 unspecified atom stereocenters. The molecular weight excluding hydrogens is 449 g/mol. The highest BCUT2D eigenvalue weighted by Gasteiger charge is 2.25. The number of halogens is 2. The molecule has 0 saturated carbocycles. The second-order valence-electron chi connectivity index (χ2n) is 7.76. The Labute approximate surface area is 199 Å². The standard InChI is InChI=1S/C24H25ClFN3O2.H2S/c25-19-3-1-2-17(13-19)24(31)18-4-6-22(16(12-18)9-11-30)29-10-8-21(15-29)28-23-7-5-20(26)14-27-23;/h1-7,12-14,21,24,30-31H,8-11,15H2,(H,27,28);1H2/t21-,24?;/m0./s1. The number of aliphatic hydroxyl groups is 2. The topological polar surface area (TPSA) is 68.6 Å². The summed E-state index contributed by atoms with van der Waals surface area (Å²) < 4.78 is 13.1. The van der Waals surface area contributed by atoms with Gasteiger partial charge in [0.2, 0.25) is 0 Å². The maximum atomic E-state index is 13.1. The Bertz CT molecular complexity index is 1040. The second-order valence-corrected chi connectivity index (χ2v) is 8.19. The minimum absolute atomic E-state index is 0. The summed E-state index contributed by atoms with van der Waals surface area (Å²) in [5, 5.41) is 24.3. The number of aliphatic hydroxyl groups excluding tert-OH is 2. The molecule has 1 aliphatic rings. The molecule has 0 radical (unpaired) electrons. The predicted octanol–water partition coefficient (Wildman–Crippen LogP) is 4.29. The average molecular weight is 476 g/mol. The molecule has 5 nitrogen and oxygen atoms in total. The zero-order chi connectivity index (χ0) is 21.8. The molecule has 32 heavy (non-hydrogen) atoms. The van der Waals surface area contributed by atoms with Gasteiger partial charge in [0, 0.05) is 36.4 Å². The summed E-state index contributed by atoms with van der Waals surface area (Å²) in [5.74, 6) is 0.302. The Morgan fingerprint density at radius 3 is 2.69 bits per heavy atom. The van der Waals surface area contributed by atoms with Crippen LogP contribution >= 0.6 is 25.1 Å². The van der Waals surface area contributed by atoms with E-state index in [-0.39, 0.29) is 32.0 Å². The van der Waals surface area contributed by atoms with Crippen LogP contribution in [0.5, 0.6) is 0 Å². The van der Waals surface area contributed by atoms with Crippen LogP contribution < -0.4 is 10.2 Å². The van der Waals surface area contributed by atoms with E-state index in [1.54, 1.807) is 18.2 Å². The van der Waals surface area contributed by atoms with E-state index in [9.17, 15) is 14.6 Å². The number of nitrogens with one attached hydrogen (secondary N) is 1. The van der Waals surface area contributed by atoms with E-state index < -0.39 is 6.10 Å². The van der Waals surface area contributed by atoms with Gasteiger partial charge in [0.15, 0.2) is 0 Å². The minimum Gasteiger partial charge on any atom is -0.396 e. The third-order valence-electron chi connectivity index (χ3n) is 5.57. The van der Waals surface area contributed by atoms with Crippen molar-refractivity contribution in [1.82, 2.24) is 4.98 Å². The van der Waals surface area contributed by atoms with Crippen molar-refractivity contribution in [2.45, 2.75) is 25.0 Å². The number of anilines is 2. The number of aromatic nitrogens is 1. The zero-order valence-corrected chi connectivity index (χ0v) is 19.3. The van der Waals surface area contributed by atoms with Gasteiger partial charge in [0.05, 0.1) is 6.20 Å². The van der Waals surface area contributed by atoms with E-state index in [2.05, 4.69) is 15.2 Å². The highest BCUT2D eigenvalue weighted by atomic mass is 35.5. The minimum atomic E-state index is -0.789. The van der Waals surface area contributed by atoms with Crippen LogP contribution in [0.2, 0.25) is 5.02 Å². The molecule has 0 spiro atoms. The SMILES string of the molecule is OCCc1cc(C(O)c2cccc(Cl)c2)ccc1N1CC[C@H](Nc2ccc(F)cn2)C1.S. The lowest BCUT2D eigenvalue weighted by Crippen LogP contribution is -2.27. The normalized spacial score (nSPS) is 16.5. The highest BCUT2D eigenvalue weighted by Crippen LogP contribution is 2.31. The van der Waals surface area contributed by atoms with Crippen molar-refractivity contribution in [2.75, 3.05) is 29.9 Å². The largest absolute Gasteiger partial charge is 0.396 e. The van der Waals surface area contributed by atoms with E-state index in [0.717, 1.165) is 41.9 Å². The van der Waals surface area contributed by atoms with Crippen LogP contribution in [0, 0.1) is 5.82 Å². The van der Waals surface area contributed by atoms with Gasteiger partial charge in [0.25, 0.3) is 0 Å². The lowest BCUT2D eigenvalue weighted by molar-refractivity contribution is 0.220. The number of hydrogen-bond donors (Lipinski definition) is 3. The Kier molecular flexibility index (Phi) is 8.37. The smallest absolute Gasteiger partial charge is 0.141 e. The lowest BCUT2D eigenvalue weighted by atomic mass is 9.97. The van der Waals surface area contributed by atoms with Crippen LogP contribution in [-0.2, 0) is 6.42 Å². The first kappa shape index (κ1) is 24.3. The first-order chi connectivity index (χ1) is 15.0. The second kappa shape index (κ2) is 11.0. The first-order valence-corrected chi connectivity index (χ1v) is 10.7. The fourth-order valence-electron chi connectivity index (χ4n) is 4.04. The monoisotopic (exact) mass is 475 g/mol. The van der Waals surface area contributed by atoms with Crippen molar-refractivity contribution < 1.29 is 14.6 Å². The molecule has 170 valence electrons. The number of pyridine rings is 1. The van der Waals surface area contributed by atoms with Gasteiger partial charge >= 0.3 is 0 Å². The molecule has 1 aromatic heterocycles. The maximum Gasteiger partial charge on any atom is 0.141 e. The van der Waals surface area contributed by atoms with Crippen molar-refractivity contribution in [2.24, 2.45) is 0 Å². The molecule has 8 heteroatoms. The number of benzene rings is 2. The molecule has 1 aliphatic heterocycles. The van der Waals surface area contributed by atoms with Crippen molar-refractivity contribution in [3.63, 3.8) is 0 Å². The summed E-state index contributed by atoms with van der Waals surface area (Å²) in [6.45, 7) is 1.65. The predicted molar refractivity (Wildman–Crippen MR) is 132 cm³/mol. The van der Waals surface area contributed by atoms with Crippen molar-refractivity contribution in [1.29, 1.82) is 0 Å². The molecule has 2 atom stereocenters. The third-order valence-corrected chi connectivity index (χ3v) is 5.81. The van der Waals surface area contributed by atoms with Gasteiger partial charge < -0.3 is 20.4 Å². The molecule has 2 heterocycles. The van der Waals surface area contributed by atoms with Gasteiger partial charge in [-0.25, -0.2) is 9.37 Å². The van der Waals surface area contributed by atoms with Crippen LogP contribution in [-0.4, -0.2) is 40.9 Å². The molecule has 3 N–H and O–H groups in total. The third kappa shape index (κ3) is 5.72. The fraction of sp³-hybridized carbons (Fsp3) is 0.292. The van der Waals surface area contributed by atoms with Gasteiger partial charge in [-0.05, 0) is 59.9 Å². The summed E-state index contributed by atoms with van der Waals surface area (Å²) in [6.07, 6.45) is 1.84. The Morgan fingerprint density at radius 1 is 1.16 bits per heavy atom. The molecule has 4 rings (SSSR count). The fourth-order valence-corrected chi connectivity index (χ4v) is 4.24. The molecule has 2 aromatic carbocycles. The van der Waals surface area contributed by atoms with Gasteiger partial charge in [-0.3, -0.25) is 0 Å². The summed E-state index contributed by atoms with van der Waals surface area (Å²) in [4.78, 5) is 6.34. The van der Waals surface area contributed by atoms with E-state index >= 15 is 0 Å². The van der Waals surface area contributed by atoms with Gasteiger partial charge in [-0.15, -0.1) is 0 Å². The van der Waals surface area contributed by atoms with E-state index in [1.165, 1.54) is 12.3 Å². The summed E-state index contributed by atoms with van der Waals surface area (Å²) in [6, 6.07) is 16.3. The maximum absolute atomic E-state index is 13.1. The van der Waals surface area contributed by atoms with Crippen LogP contribution in [0.25, 0.3) is 0 Å². The quantitative estimate of drug-likeness (QED) is 0.475. The van der Waals surface area contributed by atoms with Gasteiger partial charge in [0.1, 0.15) is 17.7 Å². The molecule has 1 fully saturated rings. The summed E-state index contributed by atoms with van der Waals surface area (Å²) in [5.41, 5.74) is 3.53.